The first-order valence-corrected chi connectivity index (χ1v) is 27.4. The number of hydrogen-bond donors (Lipinski definition) is 10. The van der Waals surface area contributed by atoms with Crippen LogP contribution in [0.2, 0.25) is 0 Å². The van der Waals surface area contributed by atoms with Crippen LogP contribution >= 0.6 is 0 Å². The van der Waals surface area contributed by atoms with Crippen molar-refractivity contribution in [2.45, 2.75) is 57.4 Å². The van der Waals surface area contributed by atoms with Crippen LogP contribution in [-0.2, 0) is 33.8 Å². The Bertz CT molecular complexity index is 3610. The van der Waals surface area contributed by atoms with E-state index >= 15 is 0 Å². The molecular weight excluding hydrogens is 1060 g/mol. The van der Waals surface area contributed by atoms with Crippen LogP contribution in [0.25, 0.3) is 0 Å². The number of hydrogen-bond acceptors (Lipinski definition) is 12. The van der Waals surface area contributed by atoms with E-state index in [0.717, 1.165) is 28.5 Å². The Morgan fingerprint density at radius 2 is 1.17 bits per heavy atom. The van der Waals surface area contributed by atoms with Gasteiger partial charge >= 0.3 is 12.1 Å². The number of H-pyrrole nitrogens is 2. The second-order valence-corrected chi connectivity index (χ2v) is 21.8. The number of likely N-dealkylation sites (N-methyl/N-ethyl adjacent to an activating group) is 2. The SMILES string of the molecule is C=CC(=O)Nc1ccc(C(=O)Nc2cccc(Nc3n[nH]c4c3CN(C(=O)NCCN(C)C)C4(C)C/C=C\C(=O)Nc3cccc(C(=O)Nc4cccc(Nc5n[nH]c6c5CN(C(=O)N[C@H](CN(C)C)c5ccccc5)C6(C)C)c4)c3)c2)cc1. The van der Waals surface area contributed by atoms with Gasteiger partial charge in [0, 0.05) is 76.0 Å². The number of nitrogens with zero attached hydrogens (tertiary/aromatic N) is 6. The first-order chi connectivity index (χ1) is 40.3. The molecule has 84 heavy (non-hydrogen) atoms. The van der Waals surface area contributed by atoms with E-state index in [1.807, 2.05) is 107 Å². The van der Waals surface area contributed by atoms with E-state index in [1.54, 1.807) is 94.7 Å². The smallest absolute Gasteiger partial charge is 0.319 e. The number of urea groups is 2. The second-order valence-electron chi connectivity index (χ2n) is 21.8. The topological polar surface area (TPSA) is 269 Å². The van der Waals surface area contributed by atoms with Crippen molar-refractivity contribution in [1.29, 1.82) is 0 Å². The van der Waals surface area contributed by atoms with Gasteiger partial charge in [-0.3, -0.25) is 29.4 Å². The van der Waals surface area contributed by atoms with Crippen LogP contribution in [0, 0.1) is 0 Å². The van der Waals surface area contributed by atoms with Crippen LogP contribution in [0.1, 0.15) is 82.0 Å². The molecular formula is C62H70N16O6. The van der Waals surface area contributed by atoms with Crippen LogP contribution < -0.4 is 42.5 Å². The van der Waals surface area contributed by atoms with Crippen LogP contribution in [-0.4, -0.2) is 124 Å². The Morgan fingerprint density at radius 3 is 1.79 bits per heavy atom. The molecule has 22 heteroatoms. The summed E-state index contributed by atoms with van der Waals surface area (Å²) in [6, 6.07) is 36.6. The number of rotatable bonds is 21. The fraction of sp³-hybridized carbons (Fsp3) is 0.258. The van der Waals surface area contributed by atoms with Crippen molar-refractivity contribution >= 4 is 81.5 Å². The predicted octanol–water partition coefficient (Wildman–Crippen LogP) is 9.20. The number of carbonyl (C=O) groups excluding carboxylic acids is 6. The third kappa shape index (κ3) is 13.6. The molecule has 2 aromatic heterocycles. The molecule has 2 aliphatic rings. The number of carbonyl (C=O) groups is 6. The lowest BCUT2D eigenvalue weighted by atomic mass is 9.93. The zero-order valence-corrected chi connectivity index (χ0v) is 48.0. The number of aromatic amines is 2. The number of fused-ring (bicyclic) bond motifs is 2. The molecule has 0 saturated carbocycles. The van der Waals surface area contributed by atoms with Gasteiger partial charge in [0.2, 0.25) is 11.8 Å². The Kier molecular flexibility index (Phi) is 17.7. The third-order valence-electron chi connectivity index (χ3n) is 14.7. The van der Waals surface area contributed by atoms with E-state index in [-0.39, 0.29) is 42.9 Å². The zero-order valence-electron chi connectivity index (χ0n) is 48.0. The third-order valence-corrected chi connectivity index (χ3v) is 14.7. The Balaban J connectivity index is 0.819. The molecule has 0 bridgehead atoms. The summed E-state index contributed by atoms with van der Waals surface area (Å²) in [5, 5.41) is 39.9. The standard InChI is InChI=1S/C62H70N16O6/c1-9-51(79)64-42-28-26-40(27-29-42)57(81)68-46-23-14-22-45(34-46)67-56-49-37-78(59(83)63-31-32-75(5)6)62(4,54(49)72-74-56)30-16-25-52(80)65-43-20-13-19-41(33-43)58(82)69-47-24-15-21-44(35-47)66-55-48-36-77(61(2,3)53(48)71-73-55)60(84)70-50(38-76(7)8)39-17-11-10-12-18-39/h9-29,33-35,50H,1,30-32,36-38H2,2-8H3,(H,63,83)(H,64,79)(H,65,80)(H,68,81)(H,69,82)(H,70,84)(H2,66,71,73)(H2,67,72,74)/b25-16-/t50-,62?/m1/s1. The summed E-state index contributed by atoms with van der Waals surface area (Å²) in [5.41, 5.74) is 6.44. The molecule has 2 aliphatic heterocycles. The van der Waals surface area contributed by atoms with E-state index < -0.39 is 22.9 Å². The average molecular weight is 1140 g/mol. The van der Waals surface area contributed by atoms with E-state index in [0.29, 0.717) is 88.8 Å². The molecule has 22 nitrogen and oxygen atoms in total. The molecule has 0 aliphatic carbocycles. The zero-order chi connectivity index (χ0) is 59.7. The van der Waals surface area contributed by atoms with Gasteiger partial charge in [-0.2, -0.15) is 10.2 Å². The van der Waals surface area contributed by atoms with Gasteiger partial charge in [0.25, 0.3) is 11.8 Å². The van der Waals surface area contributed by atoms with Crippen LogP contribution in [0.4, 0.5) is 55.3 Å². The molecule has 1 unspecified atom stereocenters. The highest BCUT2D eigenvalue weighted by atomic mass is 16.2. The lowest BCUT2D eigenvalue weighted by molar-refractivity contribution is -0.112. The Labute approximate surface area is 487 Å². The molecule has 10 N–H and O–H groups in total. The number of benzene rings is 5. The monoisotopic (exact) mass is 1130 g/mol. The van der Waals surface area contributed by atoms with Crippen molar-refractivity contribution in [3.8, 4) is 0 Å². The van der Waals surface area contributed by atoms with Crippen molar-refractivity contribution in [2.75, 3.05) is 79.7 Å². The van der Waals surface area contributed by atoms with Gasteiger partial charge in [-0.1, -0.05) is 61.2 Å². The number of nitrogens with one attached hydrogen (secondary N) is 10. The maximum absolute atomic E-state index is 14.0. The van der Waals surface area contributed by atoms with Gasteiger partial charge in [-0.15, -0.1) is 0 Å². The summed E-state index contributed by atoms with van der Waals surface area (Å²) in [4.78, 5) is 87.5. The van der Waals surface area contributed by atoms with Crippen molar-refractivity contribution < 1.29 is 28.8 Å². The number of amides is 8. The minimum atomic E-state index is -0.959. The predicted molar refractivity (Wildman–Crippen MR) is 326 cm³/mol. The van der Waals surface area contributed by atoms with Crippen LogP contribution in [0.5, 0.6) is 0 Å². The van der Waals surface area contributed by atoms with Crippen molar-refractivity contribution in [2.24, 2.45) is 0 Å². The highest BCUT2D eigenvalue weighted by molar-refractivity contribution is 6.07. The fourth-order valence-corrected chi connectivity index (χ4v) is 10.2. The van der Waals surface area contributed by atoms with Crippen molar-refractivity contribution in [3.63, 3.8) is 0 Å². The van der Waals surface area contributed by atoms with Gasteiger partial charge in [0.1, 0.15) is 0 Å². The fourth-order valence-electron chi connectivity index (χ4n) is 10.2. The van der Waals surface area contributed by atoms with Gasteiger partial charge in [-0.25, -0.2) is 9.59 Å². The van der Waals surface area contributed by atoms with Gasteiger partial charge in [0.15, 0.2) is 11.6 Å². The summed E-state index contributed by atoms with van der Waals surface area (Å²) in [6.07, 6.45) is 4.50. The summed E-state index contributed by atoms with van der Waals surface area (Å²) in [6.45, 7) is 11.5. The molecule has 0 radical (unpaired) electrons. The van der Waals surface area contributed by atoms with E-state index in [1.165, 1.54) is 6.08 Å². The molecule has 7 aromatic rings. The molecule has 2 atom stereocenters. The first-order valence-electron chi connectivity index (χ1n) is 27.4. The number of aromatic nitrogens is 4. The summed E-state index contributed by atoms with van der Waals surface area (Å²) in [5.74, 6) is -0.497. The summed E-state index contributed by atoms with van der Waals surface area (Å²) in [7, 11) is 7.80. The van der Waals surface area contributed by atoms with E-state index in [2.05, 4.69) is 69.5 Å². The maximum atomic E-state index is 14.0. The molecule has 4 heterocycles. The van der Waals surface area contributed by atoms with Crippen molar-refractivity contribution in [3.05, 3.63) is 191 Å². The number of anilines is 8. The molecule has 5 aromatic carbocycles. The molecule has 8 amide bonds. The molecule has 434 valence electrons. The highest BCUT2D eigenvalue weighted by Gasteiger charge is 2.47. The summed E-state index contributed by atoms with van der Waals surface area (Å²) >= 11 is 0. The second kappa shape index (κ2) is 25.4. The van der Waals surface area contributed by atoms with Gasteiger partial charge in [0.05, 0.1) is 41.6 Å². The van der Waals surface area contributed by atoms with Gasteiger partial charge in [-0.05, 0) is 152 Å². The van der Waals surface area contributed by atoms with E-state index in [9.17, 15) is 28.8 Å². The van der Waals surface area contributed by atoms with E-state index in [4.69, 9.17) is 0 Å². The molecule has 9 rings (SSSR count). The quantitative estimate of drug-likeness (QED) is 0.0302. The minimum Gasteiger partial charge on any atom is -0.338 e. The summed E-state index contributed by atoms with van der Waals surface area (Å²) < 4.78 is 0. The normalized spacial score (nSPS) is 15.2. The first kappa shape index (κ1) is 58.6. The lowest BCUT2D eigenvalue weighted by Crippen LogP contribution is -2.48. The van der Waals surface area contributed by atoms with Crippen molar-refractivity contribution in [1.82, 2.24) is 50.6 Å². The molecule has 0 fully saturated rings. The van der Waals surface area contributed by atoms with Crippen LogP contribution in [0.15, 0.2) is 152 Å². The Morgan fingerprint density at radius 1 is 0.607 bits per heavy atom. The van der Waals surface area contributed by atoms with Crippen LogP contribution in [0.3, 0.4) is 0 Å². The average Bonchev–Trinajstić information content (AvgIpc) is 4.43. The lowest BCUT2D eigenvalue weighted by Gasteiger charge is -2.34. The maximum Gasteiger partial charge on any atom is 0.319 e. The largest absolute Gasteiger partial charge is 0.338 e. The minimum absolute atomic E-state index is 0.194. The molecule has 0 saturated heterocycles. The van der Waals surface area contributed by atoms with Gasteiger partial charge < -0.3 is 62.1 Å². The molecule has 0 spiro atoms. The highest BCUT2D eigenvalue weighted by Crippen LogP contribution is 2.45. The Hall–Kier alpha value is -10.1.